The summed E-state index contributed by atoms with van der Waals surface area (Å²) in [6, 6.07) is 9.43. The summed E-state index contributed by atoms with van der Waals surface area (Å²) in [6.07, 6.45) is 0. The number of thiazole rings is 1. The second-order valence-electron chi connectivity index (χ2n) is 6.34. The van der Waals surface area contributed by atoms with Crippen LogP contribution in [0, 0.1) is 12.7 Å². The zero-order chi connectivity index (χ0) is 18.8. The average Bonchev–Trinajstić information content (AvgIpc) is 2.98. The third-order valence-corrected chi connectivity index (χ3v) is 5.20. The van der Waals surface area contributed by atoms with E-state index in [9.17, 15) is 9.18 Å². The largest absolute Gasteiger partial charge is 0.308 e. The number of carbonyl (C=O) groups is 1. The van der Waals surface area contributed by atoms with Crippen molar-refractivity contribution in [3.8, 4) is 0 Å². The number of nitrogens with zero attached hydrogens (tertiary/aromatic N) is 3. The predicted octanol–water partition coefficient (Wildman–Crippen LogP) is 4.61. The van der Waals surface area contributed by atoms with Crippen LogP contribution in [-0.2, 0) is 0 Å². The van der Waals surface area contributed by atoms with Gasteiger partial charge in [0.1, 0.15) is 5.82 Å². The molecule has 0 bridgehead atoms. The van der Waals surface area contributed by atoms with Crippen molar-refractivity contribution < 1.29 is 9.18 Å². The normalized spacial score (nSPS) is 11.3. The molecule has 1 amide bonds. The standard InChI is InChI=1S/C19H19ClFN3OS/c1-12-9-14(20)11-16-17(12)22-19(26-16)24(8-7-23(2)3)18(25)13-5-4-6-15(21)10-13/h4-6,9-11H,7-8H2,1-3H3. The molecule has 7 heteroatoms. The van der Waals surface area contributed by atoms with E-state index in [-0.39, 0.29) is 5.91 Å². The first kappa shape index (κ1) is 18.8. The molecule has 0 fully saturated rings. The Labute approximate surface area is 160 Å². The number of aryl methyl sites for hydroxylation is 1. The zero-order valence-corrected chi connectivity index (χ0v) is 16.4. The number of halogens is 2. The molecule has 0 N–H and O–H groups in total. The summed E-state index contributed by atoms with van der Waals surface area (Å²) >= 11 is 7.55. The molecular weight excluding hydrogens is 373 g/mol. The maximum Gasteiger partial charge on any atom is 0.260 e. The second-order valence-corrected chi connectivity index (χ2v) is 7.78. The van der Waals surface area contributed by atoms with E-state index in [0.29, 0.717) is 28.8 Å². The van der Waals surface area contributed by atoms with Gasteiger partial charge in [-0.25, -0.2) is 9.37 Å². The highest BCUT2D eigenvalue weighted by atomic mass is 35.5. The number of carbonyl (C=O) groups excluding carboxylic acids is 1. The smallest absolute Gasteiger partial charge is 0.260 e. The van der Waals surface area contributed by atoms with Crippen molar-refractivity contribution in [1.82, 2.24) is 9.88 Å². The maximum atomic E-state index is 13.6. The summed E-state index contributed by atoms with van der Waals surface area (Å²) in [5, 5.41) is 1.22. The molecule has 0 saturated carbocycles. The van der Waals surface area contributed by atoms with Gasteiger partial charge in [-0.05, 0) is 56.9 Å². The lowest BCUT2D eigenvalue weighted by molar-refractivity contribution is 0.0985. The quantitative estimate of drug-likeness (QED) is 0.637. The Balaban J connectivity index is 2.03. The van der Waals surface area contributed by atoms with Crippen LogP contribution >= 0.6 is 22.9 Å². The number of amides is 1. The van der Waals surface area contributed by atoms with Crippen LogP contribution in [-0.4, -0.2) is 43.0 Å². The van der Waals surface area contributed by atoms with Crippen molar-refractivity contribution in [2.75, 3.05) is 32.1 Å². The molecule has 0 aliphatic heterocycles. The molecule has 0 spiro atoms. The highest BCUT2D eigenvalue weighted by Crippen LogP contribution is 2.33. The highest BCUT2D eigenvalue weighted by Gasteiger charge is 2.22. The molecule has 3 rings (SSSR count). The molecule has 0 unspecified atom stereocenters. The Hall–Kier alpha value is -2.02. The molecule has 26 heavy (non-hydrogen) atoms. The SMILES string of the molecule is Cc1cc(Cl)cc2sc(N(CCN(C)C)C(=O)c3cccc(F)c3)nc12. The molecule has 0 atom stereocenters. The molecule has 4 nitrogen and oxygen atoms in total. The first-order valence-corrected chi connectivity index (χ1v) is 9.33. The van der Waals surface area contributed by atoms with E-state index in [2.05, 4.69) is 4.98 Å². The first-order chi connectivity index (χ1) is 12.3. The Morgan fingerprint density at radius 1 is 1.23 bits per heavy atom. The number of rotatable bonds is 5. The van der Waals surface area contributed by atoms with Crippen molar-refractivity contribution in [3.05, 3.63) is 58.4 Å². The first-order valence-electron chi connectivity index (χ1n) is 8.14. The molecule has 136 valence electrons. The third-order valence-electron chi connectivity index (χ3n) is 3.96. The predicted molar refractivity (Wildman–Crippen MR) is 106 cm³/mol. The fourth-order valence-electron chi connectivity index (χ4n) is 2.62. The summed E-state index contributed by atoms with van der Waals surface area (Å²) in [7, 11) is 3.88. The maximum absolute atomic E-state index is 13.6. The highest BCUT2D eigenvalue weighted by molar-refractivity contribution is 7.22. The number of likely N-dealkylation sites (N-methyl/N-ethyl adjacent to an activating group) is 1. The Bertz CT molecular complexity index is 957. The molecule has 3 aromatic rings. The second kappa shape index (κ2) is 7.70. The van der Waals surface area contributed by atoms with Crippen molar-refractivity contribution in [1.29, 1.82) is 0 Å². The number of hydrogen-bond donors (Lipinski definition) is 0. The lowest BCUT2D eigenvalue weighted by Crippen LogP contribution is -2.36. The Morgan fingerprint density at radius 3 is 2.69 bits per heavy atom. The third kappa shape index (κ3) is 4.03. The summed E-state index contributed by atoms with van der Waals surface area (Å²) in [4.78, 5) is 21.3. The molecular formula is C19H19ClFN3OS. The minimum Gasteiger partial charge on any atom is -0.308 e. The lowest BCUT2D eigenvalue weighted by Gasteiger charge is -2.22. The number of aromatic nitrogens is 1. The van der Waals surface area contributed by atoms with Gasteiger partial charge in [-0.15, -0.1) is 0 Å². The Morgan fingerprint density at radius 2 is 2.00 bits per heavy atom. The molecule has 0 radical (unpaired) electrons. The van der Waals surface area contributed by atoms with Crippen LogP contribution in [0.2, 0.25) is 5.02 Å². The summed E-state index contributed by atoms with van der Waals surface area (Å²) in [5.41, 5.74) is 2.09. The van der Waals surface area contributed by atoms with Crippen LogP contribution in [0.15, 0.2) is 36.4 Å². The summed E-state index contributed by atoms with van der Waals surface area (Å²) < 4.78 is 14.5. The van der Waals surface area contributed by atoms with Crippen LogP contribution in [0.5, 0.6) is 0 Å². The van der Waals surface area contributed by atoms with Gasteiger partial charge in [0.25, 0.3) is 5.91 Å². The number of benzene rings is 2. The van der Waals surface area contributed by atoms with E-state index in [1.165, 1.54) is 29.5 Å². The van der Waals surface area contributed by atoms with Gasteiger partial charge in [0.15, 0.2) is 5.13 Å². The van der Waals surface area contributed by atoms with Crippen LogP contribution in [0.1, 0.15) is 15.9 Å². The minimum atomic E-state index is -0.435. The molecule has 2 aromatic carbocycles. The van der Waals surface area contributed by atoms with E-state index >= 15 is 0 Å². The number of anilines is 1. The van der Waals surface area contributed by atoms with Crippen LogP contribution in [0.4, 0.5) is 9.52 Å². The van der Waals surface area contributed by atoms with E-state index in [4.69, 9.17) is 11.6 Å². The van der Waals surface area contributed by atoms with Gasteiger partial charge >= 0.3 is 0 Å². The summed E-state index contributed by atoms with van der Waals surface area (Å²) in [6.45, 7) is 3.06. The summed E-state index contributed by atoms with van der Waals surface area (Å²) in [5.74, 6) is -0.704. The van der Waals surface area contributed by atoms with Gasteiger partial charge in [0.2, 0.25) is 0 Å². The van der Waals surface area contributed by atoms with Gasteiger partial charge in [-0.3, -0.25) is 9.69 Å². The van der Waals surface area contributed by atoms with E-state index in [1.807, 2.05) is 38.1 Å². The monoisotopic (exact) mass is 391 g/mol. The molecule has 1 aromatic heterocycles. The van der Waals surface area contributed by atoms with Gasteiger partial charge in [0.05, 0.1) is 10.2 Å². The van der Waals surface area contributed by atoms with Crippen molar-refractivity contribution in [2.24, 2.45) is 0 Å². The Kier molecular flexibility index (Phi) is 5.55. The molecule has 0 saturated heterocycles. The van der Waals surface area contributed by atoms with Crippen molar-refractivity contribution in [3.63, 3.8) is 0 Å². The van der Waals surface area contributed by atoms with Crippen molar-refractivity contribution in [2.45, 2.75) is 6.92 Å². The molecule has 0 aliphatic carbocycles. The van der Waals surface area contributed by atoms with E-state index < -0.39 is 5.82 Å². The fraction of sp³-hybridized carbons (Fsp3) is 0.263. The van der Waals surface area contributed by atoms with E-state index in [1.54, 1.807) is 11.0 Å². The molecule has 1 heterocycles. The van der Waals surface area contributed by atoms with Crippen LogP contribution < -0.4 is 4.90 Å². The average molecular weight is 392 g/mol. The van der Waals surface area contributed by atoms with Gasteiger partial charge in [-0.1, -0.05) is 29.0 Å². The van der Waals surface area contributed by atoms with Gasteiger partial charge in [-0.2, -0.15) is 0 Å². The van der Waals surface area contributed by atoms with Crippen LogP contribution in [0.3, 0.4) is 0 Å². The molecule has 0 aliphatic rings. The number of hydrogen-bond acceptors (Lipinski definition) is 4. The van der Waals surface area contributed by atoms with Crippen LogP contribution in [0.25, 0.3) is 10.2 Å². The van der Waals surface area contributed by atoms with Crippen molar-refractivity contribution >= 4 is 44.2 Å². The minimum absolute atomic E-state index is 0.269. The van der Waals surface area contributed by atoms with Gasteiger partial charge in [0, 0.05) is 23.7 Å². The zero-order valence-electron chi connectivity index (χ0n) is 14.8. The topological polar surface area (TPSA) is 36.4 Å². The number of fused-ring (bicyclic) bond motifs is 1. The van der Waals surface area contributed by atoms with E-state index in [0.717, 1.165) is 15.8 Å². The lowest BCUT2D eigenvalue weighted by atomic mass is 10.2. The van der Waals surface area contributed by atoms with Gasteiger partial charge < -0.3 is 4.90 Å². The fourth-order valence-corrected chi connectivity index (χ4v) is 4.06.